The van der Waals surface area contributed by atoms with Gasteiger partial charge in [-0.2, -0.15) is 0 Å². The topological polar surface area (TPSA) is 52.3 Å². The van der Waals surface area contributed by atoms with Crippen LogP contribution < -0.4 is 0 Å². The highest BCUT2D eigenvalue weighted by Gasteiger charge is 2.34. The fraction of sp³-hybridized carbons (Fsp3) is 0.385. The highest BCUT2D eigenvalue weighted by atomic mass is 79.9. The van der Waals surface area contributed by atoms with E-state index in [9.17, 15) is 4.79 Å². The summed E-state index contributed by atoms with van der Waals surface area (Å²) in [5, 5.41) is 0.816. The number of hydrogen-bond donors (Lipinski definition) is 0. The number of hydrogen-bond acceptors (Lipinski definition) is 5. The summed E-state index contributed by atoms with van der Waals surface area (Å²) in [4.78, 5) is 17.6. The molecule has 4 nitrogen and oxygen atoms in total. The number of carbonyl (C=O) groups is 1. The number of ether oxygens (including phenoxy) is 1. The Labute approximate surface area is 122 Å². The second-order valence-electron chi connectivity index (χ2n) is 4.27. The number of rotatable bonds is 3. The molecule has 1 aliphatic rings. The third kappa shape index (κ3) is 2.23. The number of halogens is 1. The Kier molecular flexibility index (Phi) is 3.45. The van der Waals surface area contributed by atoms with Crippen molar-refractivity contribution in [2.45, 2.75) is 25.7 Å². The average Bonchev–Trinajstić information content (AvgIpc) is 3.02. The van der Waals surface area contributed by atoms with Gasteiger partial charge in [-0.3, -0.25) is 4.79 Å². The highest BCUT2D eigenvalue weighted by molar-refractivity contribution is 9.10. The van der Waals surface area contributed by atoms with Gasteiger partial charge in [0.05, 0.1) is 23.0 Å². The third-order valence-electron chi connectivity index (χ3n) is 3.10. The first-order chi connectivity index (χ1) is 9.20. The fourth-order valence-corrected chi connectivity index (χ4v) is 3.90. The molecule has 0 aliphatic heterocycles. The summed E-state index contributed by atoms with van der Waals surface area (Å²) in [7, 11) is 0. The summed E-state index contributed by atoms with van der Waals surface area (Å²) >= 11 is 5.02. The lowest BCUT2D eigenvalue weighted by Crippen LogP contribution is -2.14. The Bertz CT molecular complexity index is 619. The molecule has 0 spiro atoms. The van der Waals surface area contributed by atoms with E-state index in [1.54, 1.807) is 17.6 Å². The first-order valence-electron chi connectivity index (χ1n) is 6.10. The van der Waals surface area contributed by atoms with Gasteiger partial charge in [0.15, 0.2) is 10.8 Å². The van der Waals surface area contributed by atoms with Gasteiger partial charge in [0.1, 0.15) is 5.92 Å². The van der Waals surface area contributed by atoms with E-state index >= 15 is 0 Å². The number of fused-ring (bicyclic) bond motifs is 1. The van der Waals surface area contributed by atoms with Crippen molar-refractivity contribution in [3.8, 4) is 10.8 Å². The molecule has 2 heterocycles. The zero-order valence-corrected chi connectivity index (χ0v) is 12.7. The number of nitrogens with zero attached hydrogens (tertiary/aromatic N) is 1. The van der Waals surface area contributed by atoms with E-state index in [4.69, 9.17) is 9.15 Å². The van der Waals surface area contributed by atoms with Crippen LogP contribution >= 0.6 is 27.3 Å². The van der Waals surface area contributed by atoms with Crippen LogP contribution in [0, 0.1) is 0 Å². The first-order valence-corrected chi connectivity index (χ1v) is 7.71. The molecule has 100 valence electrons. The maximum Gasteiger partial charge on any atom is 0.315 e. The van der Waals surface area contributed by atoms with Gasteiger partial charge in [0.2, 0.25) is 0 Å². The van der Waals surface area contributed by atoms with E-state index in [0.717, 1.165) is 38.7 Å². The molecule has 2 aromatic rings. The minimum absolute atomic E-state index is 0.170. The molecule has 3 rings (SSSR count). The van der Waals surface area contributed by atoms with Crippen molar-refractivity contribution in [1.82, 2.24) is 4.98 Å². The Hall–Kier alpha value is -1.14. The number of aryl methyl sites for hydroxylation is 1. The van der Waals surface area contributed by atoms with Crippen molar-refractivity contribution < 1.29 is 13.9 Å². The Morgan fingerprint density at radius 1 is 1.68 bits per heavy atom. The molecule has 0 fully saturated rings. The number of thiazole rings is 1. The first kappa shape index (κ1) is 12.9. The smallest absolute Gasteiger partial charge is 0.315 e. The zero-order chi connectivity index (χ0) is 13.4. The summed E-state index contributed by atoms with van der Waals surface area (Å²) in [5.74, 6) is 0.340. The standard InChI is InChI=1S/C13H12BrNO3S/c1-2-17-13(16)7-3-4-9-10(7)15-12(19-9)11-8(14)5-6-18-11/h5-7H,2-4H2,1H3. The number of carbonyl (C=O) groups excluding carboxylic acids is 1. The molecule has 0 aromatic carbocycles. The van der Waals surface area contributed by atoms with E-state index in [-0.39, 0.29) is 11.9 Å². The van der Waals surface area contributed by atoms with E-state index in [0.29, 0.717) is 6.61 Å². The van der Waals surface area contributed by atoms with E-state index in [1.165, 1.54) is 0 Å². The normalized spacial score (nSPS) is 17.5. The van der Waals surface area contributed by atoms with Gasteiger partial charge >= 0.3 is 5.97 Å². The molecule has 0 saturated heterocycles. The van der Waals surface area contributed by atoms with Crippen LogP contribution in [0.25, 0.3) is 10.8 Å². The largest absolute Gasteiger partial charge is 0.465 e. The maximum atomic E-state index is 11.9. The van der Waals surface area contributed by atoms with Crippen molar-refractivity contribution in [2.24, 2.45) is 0 Å². The van der Waals surface area contributed by atoms with Crippen LogP contribution in [0.5, 0.6) is 0 Å². The SMILES string of the molecule is CCOC(=O)C1CCc2sc(-c3occc3Br)nc21. The lowest BCUT2D eigenvalue weighted by atomic mass is 10.1. The summed E-state index contributed by atoms with van der Waals surface area (Å²) in [6.07, 6.45) is 3.30. The molecule has 1 unspecified atom stereocenters. The molecule has 0 saturated carbocycles. The molecule has 0 amide bonds. The van der Waals surface area contributed by atoms with Gasteiger partial charge in [-0.25, -0.2) is 4.98 Å². The molecule has 6 heteroatoms. The van der Waals surface area contributed by atoms with Crippen LogP contribution in [0.3, 0.4) is 0 Å². The van der Waals surface area contributed by atoms with Crippen molar-refractivity contribution in [2.75, 3.05) is 6.61 Å². The van der Waals surface area contributed by atoms with Gasteiger partial charge in [-0.15, -0.1) is 11.3 Å². The van der Waals surface area contributed by atoms with E-state index in [2.05, 4.69) is 20.9 Å². The predicted octanol–water partition coefficient (Wildman–Crippen LogP) is 3.76. The van der Waals surface area contributed by atoms with Gasteiger partial charge in [0, 0.05) is 4.88 Å². The Morgan fingerprint density at radius 2 is 2.53 bits per heavy atom. The fourth-order valence-electron chi connectivity index (χ4n) is 2.24. The predicted molar refractivity (Wildman–Crippen MR) is 75.2 cm³/mol. The molecule has 2 aromatic heterocycles. The number of esters is 1. The Morgan fingerprint density at radius 3 is 3.21 bits per heavy atom. The van der Waals surface area contributed by atoms with Crippen LogP contribution in [0.4, 0.5) is 0 Å². The van der Waals surface area contributed by atoms with Gasteiger partial charge < -0.3 is 9.15 Å². The molecule has 1 aliphatic carbocycles. The summed E-state index contributed by atoms with van der Waals surface area (Å²) in [6.45, 7) is 2.23. The minimum atomic E-state index is -0.214. The van der Waals surface area contributed by atoms with Crippen molar-refractivity contribution in [1.29, 1.82) is 0 Å². The molecule has 0 N–H and O–H groups in total. The molecule has 19 heavy (non-hydrogen) atoms. The number of aromatic nitrogens is 1. The molecular weight excluding hydrogens is 330 g/mol. The molecule has 1 atom stereocenters. The van der Waals surface area contributed by atoms with Gasteiger partial charge in [-0.1, -0.05) is 0 Å². The van der Waals surface area contributed by atoms with E-state index < -0.39 is 0 Å². The lowest BCUT2D eigenvalue weighted by molar-refractivity contribution is -0.145. The quantitative estimate of drug-likeness (QED) is 0.797. The third-order valence-corrected chi connectivity index (χ3v) is 4.85. The molecule has 0 radical (unpaired) electrons. The number of furan rings is 1. The van der Waals surface area contributed by atoms with Gasteiger partial charge in [0.25, 0.3) is 0 Å². The van der Waals surface area contributed by atoms with Crippen LogP contribution in [-0.2, 0) is 16.0 Å². The van der Waals surface area contributed by atoms with Crippen molar-refractivity contribution >= 4 is 33.2 Å². The van der Waals surface area contributed by atoms with E-state index in [1.807, 2.05) is 13.0 Å². The second kappa shape index (κ2) is 5.09. The van der Waals surface area contributed by atoms with Crippen LogP contribution in [-0.4, -0.2) is 17.6 Å². The van der Waals surface area contributed by atoms with Crippen molar-refractivity contribution in [3.05, 3.63) is 27.4 Å². The maximum absolute atomic E-state index is 11.9. The van der Waals surface area contributed by atoms with Crippen LogP contribution in [0.1, 0.15) is 29.8 Å². The molecular formula is C13H12BrNO3S. The lowest BCUT2D eigenvalue weighted by Gasteiger charge is -2.07. The summed E-state index contributed by atoms with van der Waals surface area (Å²) in [6, 6.07) is 1.84. The highest BCUT2D eigenvalue weighted by Crippen LogP contribution is 2.41. The van der Waals surface area contributed by atoms with Crippen LogP contribution in [0.15, 0.2) is 21.2 Å². The summed E-state index contributed by atoms with van der Waals surface area (Å²) < 4.78 is 11.4. The zero-order valence-electron chi connectivity index (χ0n) is 10.3. The second-order valence-corrected chi connectivity index (χ2v) is 6.21. The van der Waals surface area contributed by atoms with Crippen LogP contribution in [0.2, 0.25) is 0 Å². The average molecular weight is 342 g/mol. The van der Waals surface area contributed by atoms with Gasteiger partial charge in [-0.05, 0) is 41.8 Å². The summed E-state index contributed by atoms with van der Waals surface area (Å²) in [5.41, 5.74) is 0.863. The monoisotopic (exact) mass is 341 g/mol. The minimum Gasteiger partial charge on any atom is -0.465 e. The van der Waals surface area contributed by atoms with Crippen molar-refractivity contribution in [3.63, 3.8) is 0 Å². The molecule has 0 bridgehead atoms. The Balaban J connectivity index is 1.93.